The van der Waals surface area contributed by atoms with Crippen molar-refractivity contribution in [2.24, 2.45) is 0 Å². The van der Waals surface area contributed by atoms with Crippen LogP contribution in [0.2, 0.25) is 0 Å². The van der Waals surface area contributed by atoms with Crippen LogP contribution in [0.4, 0.5) is 13.2 Å². The van der Waals surface area contributed by atoms with Crippen LogP contribution in [-0.4, -0.2) is 23.1 Å². The van der Waals surface area contributed by atoms with Crippen LogP contribution in [0.3, 0.4) is 0 Å². The van der Waals surface area contributed by atoms with Crippen LogP contribution in [0.5, 0.6) is 0 Å². The molecular formula is C4H6ClF3O2. The first kappa shape index (κ1) is 12.4. The van der Waals surface area contributed by atoms with E-state index in [0.717, 1.165) is 6.92 Å². The monoisotopic (exact) mass is 178 g/mol. The third kappa shape index (κ3) is 25.2. The molecule has 0 radical (unpaired) electrons. The average Bonchev–Trinajstić information content (AvgIpc) is 1.63. The predicted octanol–water partition coefficient (Wildman–Crippen LogP) is 1.31. The minimum atomic E-state index is -3.17. The van der Waals surface area contributed by atoms with Crippen molar-refractivity contribution in [1.82, 2.24) is 0 Å². The molecule has 10 heavy (non-hydrogen) atoms. The molecule has 0 saturated heterocycles. The van der Waals surface area contributed by atoms with Crippen LogP contribution in [0.15, 0.2) is 0 Å². The number of rotatable bonds is 1. The van der Waals surface area contributed by atoms with Crippen molar-refractivity contribution >= 4 is 16.8 Å². The van der Waals surface area contributed by atoms with Crippen molar-refractivity contribution in [2.45, 2.75) is 19.7 Å². The van der Waals surface area contributed by atoms with Crippen LogP contribution in [0.25, 0.3) is 0 Å². The third-order valence-corrected chi connectivity index (χ3v) is 0.613. The highest BCUT2D eigenvalue weighted by atomic mass is 35.5. The van der Waals surface area contributed by atoms with Crippen molar-refractivity contribution in [2.75, 3.05) is 0 Å². The van der Waals surface area contributed by atoms with Crippen molar-refractivity contribution in [1.29, 1.82) is 0 Å². The quantitative estimate of drug-likeness (QED) is 0.615. The smallest absolute Gasteiger partial charge is 0.339 e. The molecular weight excluding hydrogens is 172 g/mol. The van der Waals surface area contributed by atoms with Gasteiger partial charge in [-0.15, -0.1) is 0 Å². The molecule has 0 aromatic rings. The molecule has 0 aliphatic rings. The lowest BCUT2D eigenvalue weighted by molar-refractivity contribution is -0.115. The fourth-order valence-electron chi connectivity index (χ4n) is 0. The van der Waals surface area contributed by atoms with E-state index in [0.29, 0.717) is 0 Å². The summed E-state index contributed by atoms with van der Waals surface area (Å²) in [5.74, 6) is 0. The SMILES string of the molecule is CC(F)C(=O)Cl.OC(F)F. The first-order valence-electron chi connectivity index (χ1n) is 2.17. The van der Waals surface area contributed by atoms with E-state index >= 15 is 0 Å². The predicted molar refractivity (Wildman–Crippen MR) is 29.7 cm³/mol. The molecule has 0 spiro atoms. The molecule has 0 aliphatic carbocycles. The molecule has 62 valence electrons. The number of halogens is 4. The maximum Gasteiger partial charge on any atom is 0.342 e. The van der Waals surface area contributed by atoms with Gasteiger partial charge in [-0.1, -0.05) is 0 Å². The number of carbonyl (C=O) groups excluding carboxylic acids is 1. The van der Waals surface area contributed by atoms with Gasteiger partial charge in [0.15, 0.2) is 6.17 Å². The Labute approximate surface area is 60.6 Å². The van der Waals surface area contributed by atoms with Gasteiger partial charge in [0, 0.05) is 0 Å². The molecule has 0 saturated carbocycles. The summed E-state index contributed by atoms with van der Waals surface area (Å²) in [4.78, 5) is 9.53. The van der Waals surface area contributed by atoms with Gasteiger partial charge in [0.2, 0.25) is 0 Å². The van der Waals surface area contributed by atoms with Gasteiger partial charge in [0.25, 0.3) is 5.24 Å². The zero-order chi connectivity index (χ0) is 8.73. The summed E-state index contributed by atoms with van der Waals surface area (Å²) in [7, 11) is 0. The lowest BCUT2D eigenvalue weighted by atomic mass is 10.5. The Kier molecular flexibility index (Phi) is 8.46. The van der Waals surface area contributed by atoms with E-state index in [4.69, 9.17) is 5.11 Å². The fraction of sp³-hybridized carbons (Fsp3) is 0.750. The number of hydrogen-bond acceptors (Lipinski definition) is 2. The molecule has 1 unspecified atom stereocenters. The lowest BCUT2D eigenvalue weighted by Crippen LogP contribution is -2.00. The van der Waals surface area contributed by atoms with Crippen LogP contribution in [0, 0.1) is 0 Å². The summed E-state index contributed by atoms with van der Waals surface area (Å²) < 4.78 is 31.1. The zero-order valence-electron chi connectivity index (χ0n) is 5.02. The Balaban J connectivity index is 0. The van der Waals surface area contributed by atoms with Crippen molar-refractivity contribution in [3.05, 3.63) is 0 Å². The van der Waals surface area contributed by atoms with E-state index in [-0.39, 0.29) is 0 Å². The Bertz CT molecular complexity index is 93.7. The Morgan fingerprint density at radius 3 is 1.60 bits per heavy atom. The van der Waals surface area contributed by atoms with E-state index in [1.54, 1.807) is 0 Å². The van der Waals surface area contributed by atoms with Gasteiger partial charge in [-0.05, 0) is 18.5 Å². The third-order valence-electron chi connectivity index (χ3n) is 0.313. The Morgan fingerprint density at radius 1 is 1.50 bits per heavy atom. The number of carbonyl (C=O) groups is 1. The van der Waals surface area contributed by atoms with Crippen LogP contribution < -0.4 is 0 Å². The summed E-state index contributed by atoms with van der Waals surface area (Å²) in [6.07, 6.45) is -1.52. The molecule has 1 atom stereocenters. The van der Waals surface area contributed by atoms with Gasteiger partial charge >= 0.3 is 6.61 Å². The fourth-order valence-corrected chi connectivity index (χ4v) is 0. The molecule has 0 fully saturated rings. The number of hydrogen-bond donors (Lipinski definition) is 1. The van der Waals surface area contributed by atoms with Crippen LogP contribution in [-0.2, 0) is 4.79 Å². The lowest BCUT2D eigenvalue weighted by Gasteiger charge is -1.83. The Hall–Kier alpha value is -0.290. The molecule has 6 heteroatoms. The standard InChI is InChI=1S/C3H4ClFO.CH2F2O/c1-2(5)3(4)6;2-1(3)4/h2H,1H3;1,4H. The maximum absolute atomic E-state index is 11.3. The summed E-state index contributed by atoms with van der Waals surface area (Å²) in [5, 5.41) is 5.79. The van der Waals surface area contributed by atoms with Gasteiger partial charge in [0.05, 0.1) is 0 Å². The molecule has 0 heterocycles. The number of aliphatic hydroxyl groups excluding tert-OH is 1. The highest BCUT2D eigenvalue weighted by Gasteiger charge is 2.03. The second-order valence-corrected chi connectivity index (χ2v) is 1.57. The van der Waals surface area contributed by atoms with E-state index in [9.17, 15) is 18.0 Å². The first-order chi connectivity index (χ1) is 4.37. The molecule has 2 nitrogen and oxygen atoms in total. The minimum Gasteiger partial charge on any atom is -0.339 e. The molecule has 0 aliphatic heterocycles. The molecule has 0 bridgehead atoms. The van der Waals surface area contributed by atoms with Gasteiger partial charge in [-0.2, -0.15) is 8.78 Å². The number of alkyl halides is 3. The molecule has 0 rings (SSSR count). The zero-order valence-corrected chi connectivity index (χ0v) is 5.78. The summed E-state index contributed by atoms with van der Waals surface area (Å²) in [6.45, 7) is -2.07. The highest BCUT2D eigenvalue weighted by molar-refractivity contribution is 6.64. The van der Waals surface area contributed by atoms with Crippen molar-refractivity contribution in [3.8, 4) is 0 Å². The normalized spacial score (nSPS) is 11.9. The molecule has 0 amide bonds. The maximum atomic E-state index is 11.3. The second-order valence-electron chi connectivity index (χ2n) is 1.20. The minimum absolute atomic E-state index is 0.935. The largest absolute Gasteiger partial charge is 0.342 e. The van der Waals surface area contributed by atoms with Crippen LogP contribution >= 0.6 is 11.6 Å². The summed E-state index contributed by atoms with van der Waals surface area (Å²) in [5.41, 5.74) is 0. The number of aliphatic hydroxyl groups is 1. The Morgan fingerprint density at radius 2 is 1.60 bits per heavy atom. The van der Waals surface area contributed by atoms with Gasteiger partial charge in [-0.3, -0.25) is 4.79 Å². The van der Waals surface area contributed by atoms with Crippen LogP contribution in [0.1, 0.15) is 6.92 Å². The highest BCUT2D eigenvalue weighted by Crippen LogP contribution is 1.92. The van der Waals surface area contributed by atoms with Gasteiger partial charge in [-0.25, -0.2) is 4.39 Å². The molecule has 1 N–H and O–H groups in total. The topological polar surface area (TPSA) is 37.3 Å². The molecule has 0 aromatic heterocycles. The molecule has 0 aromatic carbocycles. The first-order valence-corrected chi connectivity index (χ1v) is 2.55. The average molecular weight is 179 g/mol. The van der Waals surface area contributed by atoms with Crippen molar-refractivity contribution < 1.29 is 23.1 Å². The van der Waals surface area contributed by atoms with E-state index < -0.39 is 18.0 Å². The van der Waals surface area contributed by atoms with Gasteiger partial charge in [0.1, 0.15) is 0 Å². The van der Waals surface area contributed by atoms with E-state index in [2.05, 4.69) is 11.6 Å². The van der Waals surface area contributed by atoms with E-state index in [1.807, 2.05) is 0 Å². The summed E-state index contributed by atoms with van der Waals surface area (Å²) in [6, 6.07) is 0. The van der Waals surface area contributed by atoms with Crippen molar-refractivity contribution in [3.63, 3.8) is 0 Å². The second kappa shape index (κ2) is 6.82. The summed E-state index contributed by atoms with van der Waals surface area (Å²) >= 11 is 4.60. The van der Waals surface area contributed by atoms with Gasteiger partial charge < -0.3 is 5.11 Å². The van der Waals surface area contributed by atoms with E-state index in [1.165, 1.54) is 0 Å².